The fraction of sp³-hybridized carbons (Fsp3) is 0.458. The monoisotopic (exact) mass is 435 g/mol. The van der Waals surface area contributed by atoms with Crippen molar-refractivity contribution in [1.82, 2.24) is 24.9 Å². The molecule has 0 saturated heterocycles. The number of hydrogen-bond donors (Lipinski definition) is 1. The molecule has 0 atom stereocenters. The van der Waals surface area contributed by atoms with Gasteiger partial charge in [-0.15, -0.1) is 5.10 Å². The maximum absolute atomic E-state index is 12.3. The zero-order chi connectivity index (χ0) is 22.5. The van der Waals surface area contributed by atoms with Gasteiger partial charge in [-0.1, -0.05) is 25.0 Å². The van der Waals surface area contributed by atoms with Crippen LogP contribution in [0.3, 0.4) is 0 Å². The van der Waals surface area contributed by atoms with Gasteiger partial charge in [0.15, 0.2) is 5.82 Å². The minimum atomic E-state index is -0.359. The molecule has 4 rings (SSSR count). The Bertz CT molecular complexity index is 1100. The van der Waals surface area contributed by atoms with Crippen LogP contribution >= 0.6 is 0 Å². The molecule has 1 N–H and O–H groups in total. The van der Waals surface area contributed by atoms with Gasteiger partial charge in [0.2, 0.25) is 5.91 Å². The highest BCUT2D eigenvalue weighted by molar-refractivity contribution is 5.89. The first kappa shape index (κ1) is 21.9. The van der Waals surface area contributed by atoms with Crippen LogP contribution in [0.25, 0.3) is 5.78 Å². The van der Waals surface area contributed by atoms with E-state index in [2.05, 4.69) is 20.4 Å². The summed E-state index contributed by atoms with van der Waals surface area (Å²) in [5.74, 6) is 1.21. The lowest BCUT2D eigenvalue weighted by molar-refractivity contribution is -0.124. The fourth-order valence-corrected chi connectivity index (χ4v) is 4.07. The van der Waals surface area contributed by atoms with Gasteiger partial charge in [-0.2, -0.15) is 4.98 Å². The number of aryl methyl sites for hydroxylation is 3. The number of benzene rings is 1. The average molecular weight is 436 g/mol. The molecule has 0 radical (unpaired) electrons. The standard InChI is InChI=1S/C24H29N5O3/c1-16-14-17(2)29-24(26-16)27-21(28-29)8-5-13-32-23(31)20-11-9-18(10-12-20)15-25-22(30)19-6-3-4-7-19/h9-12,14,19H,3-8,13,15H2,1-2H3,(H,25,30). The second-order valence-corrected chi connectivity index (χ2v) is 8.41. The third-order valence-electron chi connectivity index (χ3n) is 5.82. The molecule has 0 spiro atoms. The van der Waals surface area contributed by atoms with Gasteiger partial charge in [0.05, 0.1) is 12.2 Å². The van der Waals surface area contributed by atoms with E-state index < -0.39 is 0 Å². The van der Waals surface area contributed by atoms with Gasteiger partial charge in [0, 0.05) is 30.3 Å². The van der Waals surface area contributed by atoms with Crippen molar-refractivity contribution in [2.75, 3.05) is 6.61 Å². The van der Waals surface area contributed by atoms with Crippen LogP contribution in [0.15, 0.2) is 30.3 Å². The maximum atomic E-state index is 12.3. The van der Waals surface area contributed by atoms with Gasteiger partial charge in [-0.05, 0) is 56.9 Å². The zero-order valence-corrected chi connectivity index (χ0v) is 18.6. The Morgan fingerprint density at radius 2 is 1.88 bits per heavy atom. The topological polar surface area (TPSA) is 98.5 Å². The summed E-state index contributed by atoms with van der Waals surface area (Å²) in [4.78, 5) is 33.2. The number of nitrogens with zero attached hydrogens (tertiary/aromatic N) is 4. The number of nitrogens with one attached hydrogen (secondary N) is 1. The van der Waals surface area contributed by atoms with Crippen LogP contribution in [0.1, 0.15) is 65.2 Å². The second-order valence-electron chi connectivity index (χ2n) is 8.41. The molecule has 0 aliphatic heterocycles. The third-order valence-corrected chi connectivity index (χ3v) is 5.82. The number of esters is 1. The molecule has 1 fully saturated rings. The molecule has 8 heteroatoms. The van der Waals surface area contributed by atoms with Gasteiger partial charge in [-0.3, -0.25) is 4.79 Å². The van der Waals surface area contributed by atoms with E-state index in [-0.39, 0.29) is 17.8 Å². The molecule has 1 aliphatic rings. The number of hydrogen-bond acceptors (Lipinski definition) is 6. The van der Waals surface area contributed by atoms with E-state index in [9.17, 15) is 9.59 Å². The van der Waals surface area contributed by atoms with Crippen LogP contribution < -0.4 is 5.32 Å². The number of rotatable bonds is 8. The third kappa shape index (κ3) is 5.30. The molecule has 2 aromatic heterocycles. The van der Waals surface area contributed by atoms with E-state index in [0.717, 1.165) is 42.6 Å². The Balaban J connectivity index is 1.21. The lowest BCUT2D eigenvalue weighted by Crippen LogP contribution is -2.28. The van der Waals surface area contributed by atoms with E-state index in [1.165, 1.54) is 0 Å². The van der Waals surface area contributed by atoms with E-state index in [4.69, 9.17) is 4.74 Å². The van der Waals surface area contributed by atoms with Crippen LogP contribution in [0.2, 0.25) is 0 Å². The summed E-state index contributed by atoms with van der Waals surface area (Å²) < 4.78 is 7.11. The Labute approximate surface area is 187 Å². The molecule has 3 aromatic rings. The maximum Gasteiger partial charge on any atom is 0.338 e. The number of ether oxygens (including phenoxy) is 1. The first-order valence-electron chi connectivity index (χ1n) is 11.2. The quantitative estimate of drug-likeness (QED) is 0.430. The lowest BCUT2D eigenvalue weighted by Gasteiger charge is -2.10. The molecule has 0 unspecified atom stereocenters. The number of carbonyl (C=O) groups excluding carboxylic acids is 2. The Hall–Kier alpha value is -3.29. The van der Waals surface area contributed by atoms with Gasteiger partial charge in [0.1, 0.15) is 0 Å². The van der Waals surface area contributed by atoms with Gasteiger partial charge < -0.3 is 10.1 Å². The van der Waals surface area contributed by atoms with Gasteiger partial charge in [-0.25, -0.2) is 14.3 Å². The summed E-state index contributed by atoms with van der Waals surface area (Å²) in [6, 6.07) is 9.13. The van der Waals surface area contributed by atoms with Gasteiger partial charge >= 0.3 is 5.97 Å². The summed E-state index contributed by atoms with van der Waals surface area (Å²) in [5.41, 5.74) is 3.35. The summed E-state index contributed by atoms with van der Waals surface area (Å²) in [7, 11) is 0. The highest BCUT2D eigenvalue weighted by atomic mass is 16.5. The molecule has 32 heavy (non-hydrogen) atoms. The minimum absolute atomic E-state index is 0.132. The number of fused-ring (bicyclic) bond motifs is 1. The number of carbonyl (C=O) groups is 2. The van der Waals surface area contributed by atoms with E-state index in [1.807, 2.05) is 32.0 Å². The van der Waals surface area contributed by atoms with E-state index in [1.54, 1.807) is 16.6 Å². The summed E-state index contributed by atoms with van der Waals surface area (Å²) >= 11 is 0. The summed E-state index contributed by atoms with van der Waals surface area (Å²) in [6.45, 7) is 4.67. The van der Waals surface area contributed by atoms with Crippen molar-refractivity contribution in [3.8, 4) is 0 Å². The predicted molar refractivity (Wildman–Crippen MR) is 119 cm³/mol. The average Bonchev–Trinajstić information content (AvgIpc) is 3.45. The molecule has 168 valence electrons. The van der Waals surface area contributed by atoms with Crippen LogP contribution in [0.5, 0.6) is 0 Å². The Morgan fingerprint density at radius 3 is 2.62 bits per heavy atom. The Kier molecular flexibility index (Phi) is 6.78. The van der Waals surface area contributed by atoms with Crippen molar-refractivity contribution in [2.45, 2.75) is 58.9 Å². The fourth-order valence-electron chi connectivity index (χ4n) is 4.07. The zero-order valence-electron chi connectivity index (χ0n) is 18.6. The molecule has 1 amide bonds. The molecule has 1 aromatic carbocycles. The molecular weight excluding hydrogens is 406 g/mol. The van der Waals surface area contributed by atoms with E-state index >= 15 is 0 Å². The molecule has 8 nitrogen and oxygen atoms in total. The molecule has 0 bridgehead atoms. The molecule has 1 saturated carbocycles. The number of amides is 1. The first-order chi connectivity index (χ1) is 15.5. The van der Waals surface area contributed by atoms with Crippen molar-refractivity contribution in [3.05, 3.63) is 58.7 Å². The second kappa shape index (κ2) is 9.89. The van der Waals surface area contributed by atoms with E-state index in [0.29, 0.717) is 43.2 Å². The molecule has 2 heterocycles. The summed E-state index contributed by atoms with van der Waals surface area (Å²) in [5, 5.41) is 7.46. The lowest BCUT2D eigenvalue weighted by atomic mass is 10.1. The van der Waals surface area contributed by atoms with Crippen molar-refractivity contribution < 1.29 is 14.3 Å². The molecule has 1 aliphatic carbocycles. The SMILES string of the molecule is Cc1cc(C)n2nc(CCCOC(=O)c3ccc(CNC(=O)C4CCCC4)cc3)nc2n1. The molecular formula is C24H29N5O3. The normalized spacial score (nSPS) is 14.1. The van der Waals surface area contributed by atoms with Crippen molar-refractivity contribution in [1.29, 1.82) is 0 Å². The van der Waals surface area contributed by atoms with Crippen LogP contribution in [0, 0.1) is 19.8 Å². The summed E-state index contributed by atoms with van der Waals surface area (Å²) in [6.07, 6.45) is 5.49. The first-order valence-corrected chi connectivity index (χ1v) is 11.2. The predicted octanol–water partition coefficient (Wildman–Crippen LogP) is 3.34. The Morgan fingerprint density at radius 1 is 1.12 bits per heavy atom. The van der Waals surface area contributed by atoms with Crippen molar-refractivity contribution in [3.63, 3.8) is 0 Å². The smallest absolute Gasteiger partial charge is 0.338 e. The van der Waals surface area contributed by atoms with Crippen molar-refractivity contribution >= 4 is 17.7 Å². The minimum Gasteiger partial charge on any atom is -0.462 e. The van der Waals surface area contributed by atoms with Crippen molar-refractivity contribution in [2.24, 2.45) is 5.92 Å². The van der Waals surface area contributed by atoms with Crippen LogP contribution in [-0.2, 0) is 22.5 Å². The largest absolute Gasteiger partial charge is 0.462 e. The highest BCUT2D eigenvalue weighted by Gasteiger charge is 2.22. The van der Waals surface area contributed by atoms with Gasteiger partial charge in [0.25, 0.3) is 5.78 Å². The highest BCUT2D eigenvalue weighted by Crippen LogP contribution is 2.24. The van der Waals surface area contributed by atoms with Crippen LogP contribution in [-0.4, -0.2) is 38.1 Å². The number of aromatic nitrogens is 4. The van der Waals surface area contributed by atoms with Crippen LogP contribution in [0.4, 0.5) is 0 Å².